The number of nitrogens with zero attached hydrogens (tertiary/aromatic N) is 2. The Morgan fingerprint density at radius 2 is 1.85 bits per heavy atom. The second kappa shape index (κ2) is 6.98. The van der Waals surface area contributed by atoms with Crippen molar-refractivity contribution < 1.29 is 4.74 Å². The topological polar surface area (TPSA) is 15.7 Å². The Bertz CT molecular complexity index is 423. The molecule has 0 amide bonds. The molecule has 1 heterocycles. The van der Waals surface area contributed by atoms with E-state index in [4.69, 9.17) is 4.74 Å². The van der Waals surface area contributed by atoms with Gasteiger partial charge in [-0.2, -0.15) is 0 Å². The van der Waals surface area contributed by atoms with Crippen LogP contribution in [0.15, 0.2) is 18.2 Å². The minimum absolute atomic E-state index is 0.492. The summed E-state index contributed by atoms with van der Waals surface area (Å²) >= 11 is 0. The predicted molar refractivity (Wildman–Crippen MR) is 86.0 cm³/mol. The van der Waals surface area contributed by atoms with E-state index in [1.54, 1.807) is 7.11 Å². The highest BCUT2D eigenvalue weighted by molar-refractivity contribution is 5.63. The molecule has 0 unspecified atom stereocenters. The largest absolute Gasteiger partial charge is 0.494 e. The fraction of sp³-hybridized carbons (Fsp3) is 0.647. The zero-order valence-electron chi connectivity index (χ0n) is 13.4. The van der Waals surface area contributed by atoms with Crippen molar-refractivity contribution >= 4 is 5.69 Å². The number of ether oxygens (including phenoxy) is 1. The van der Waals surface area contributed by atoms with Crippen LogP contribution in [0.1, 0.15) is 38.7 Å². The summed E-state index contributed by atoms with van der Waals surface area (Å²) in [5.74, 6) is 1.55. The van der Waals surface area contributed by atoms with Gasteiger partial charge in [0.1, 0.15) is 5.75 Å². The highest BCUT2D eigenvalue weighted by Gasteiger charge is 2.21. The second-order valence-electron chi connectivity index (χ2n) is 5.88. The first-order valence-corrected chi connectivity index (χ1v) is 7.81. The maximum absolute atomic E-state index is 5.71. The lowest BCUT2D eigenvalue weighted by Gasteiger charge is -2.37. The Morgan fingerprint density at radius 3 is 2.40 bits per heavy atom. The fourth-order valence-corrected chi connectivity index (χ4v) is 3.00. The zero-order chi connectivity index (χ0) is 14.5. The average molecular weight is 276 g/mol. The molecule has 0 aromatic heterocycles. The molecule has 0 N–H and O–H groups in total. The summed E-state index contributed by atoms with van der Waals surface area (Å²) in [6.07, 6.45) is 1.24. The molecule has 0 spiro atoms. The first-order valence-electron chi connectivity index (χ1n) is 7.81. The zero-order valence-corrected chi connectivity index (χ0v) is 13.4. The Balaban J connectivity index is 2.15. The Labute approximate surface area is 123 Å². The number of para-hydroxylation sites is 1. The molecule has 0 saturated carbocycles. The molecule has 1 aliphatic heterocycles. The molecular formula is C17H28N2O. The summed E-state index contributed by atoms with van der Waals surface area (Å²) in [5.41, 5.74) is 2.57. The van der Waals surface area contributed by atoms with Crippen LogP contribution >= 0.6 is 0 Å². The van der Waals surface area contributed by atoms with Gasteiger partial charge in [0.05, 0.1) is 12.8 Å². The highest BCUT2D eigenvalue weighted by atomic mass is 16.5. The van der Waals surface area contributed by atoms with Crippen molar-refractivity contribution in [1.29, 1.82) is 0 Å². The standard InChI is InChI=1S/C17H28N2O/c1-5-9-18-10-12-19(13-11-18)16-8-6-7-15(14(2)3)17(16)20-4/h6-8,14H,5,9-13H2,1-4H3. The van der Waals surface area contributed by atoms with Crippen LogP contribution in [-0.2, 0) is 0 Å². The molecule has 20 heavy (non-hydrogen) atoms. The van der Waals surface area contributed by atoms with Gasteiger partial charge in [0, 0.05) is 26.2 Å². The van der Waals surface area contributed by atoms with Gasteiger partial charge in [0.25, 0.3) is 0 Å². The van der Waals surface area contributed by atoms with Gasteiger partial charge in [0.2, 0.25) is 0 Å². The monoisotopic (exact) mass is 276 g/mol. The van der Waals surface area contributed by atoms with Crippen molar-refractivity contribution in [1.82, 2.24) is 4.90 Å². The van der Waals surface area contributed by atoms with E-state index < -0.39 is 0 Å². The van der Waals surface area contributed by atoms with Crippen LogP contribution in [0.5, 0.6) is 5.75 Å². The van der Waals surface area contributed by atoms with Gasteiger partial charge in [-0.15, -0.1) is 0 Å². The van der Waals surface area contributed by atoms with Crippen molar-refractivity contribution in [3.05, 3.63) is 23.8 Å². The molecule has 1 fully saturated rings. The lowest BCUT2D eigenvalue weighted by molar-refractivity contribution is 0.257. The quantitative estimate of drug-likeness (QED) is 0.820. The fourth-order valence-electron chi connectivity index (χ4n) is 3.00. The lowest BCUT2D eigenvalue weighted by Crippen LogP contribution is -2.46. The van der Waals surface area contributed by atoms with Crippen molar-refractivity contribution in [2.45, 2.75) is 33.1 Å². The molecule has 112 valence electrons. The van der Waals surface area contributed by atoms with Gasteiger partial charge < -0.3 is 9.64 Å². The number of hydrogen-bond acceptors (Lipinski definition) is 3. The van der Waals surface area contributed by atoms with E-state index in [0.29, 0.717) is 5.92 Å². The van der Waals surface area contributed by atoms with E-state index in [2.05, 4.69) is 48.8 Å². The number of rotatable bonds is 5. The molecule has 2 rings (SSSR count). The summed E-state index contributed by atoms with van der Waals surface area (Å²) < 4.78 is 5.71. The average Bonchev–Trinajstić information content (AvgIpc) is 2.47. The number of benzene rings is 1. The SMILES string of the molecule is CCCN1CCN(c2cccc(C(C)C)c2OC)CC1. The van der Waals surface area contributed by atoms with E-state index in [1.165, 1.54) is 24.2 Å². The van der Waals surface area contributed by atoms with Crippen LogP contribution in [0, 0.1) is 0 Å². The van der Waals surface area contributed by atoms with Gasteiger partial charge in [-0.25, -0.2) is 0 Å². The van der Waals surface area contributed by atoms with Crippen molar-refractivity contribution in [3.63, 3.8) is 0 Å². The molecule has 1 saturated heterocycles. The Hall–Kier alpha value is -1.22. The molecule has 1 aromatic rings. The molecule has 1 aliphatic rings. The smallest absolute Gasteiger partial charge is 0.145 e. The molecule has 0 atom stereocenters. The third-order valence-corrected chi connectivity index (χ3v) is 4.10. The van der Waals surface area contributed by atoms with Gasteiger partial charge in [-0.05, 0) is 30.5 Å². The van der Waals surface area contributed by atoms with Gasteiger partial charge in [0.15, 0.2) is 0 Å². The predicted octanol–water partition coefficient (Wildman–Crippen LogP) is 3.35. The summed E-state index contributed by atoms with van der Waals surface area (Å²) in [5, 5.41) is 0. The number of piperazine rings is 1. The summed E-state index contributed by atoms with van der Waals surface area (Å²) in [6.45, 7) is 12.4. The van der Waals surface area contributed by atoms with E-state index in [1.807, 2.05) is 0 Å². The van der Waals surface area contributed by atoms with Crippen LogP contribution in [-0.4, -0.2) is 44.7 Å². The third kappa shape index (κ3) is 3.26. The molecule has 3 heteroatoms. The van der Waals surface area contributed by atoms with Crippen molar-refractivity contribution in [3.8, 4) is 5.75 Å². The van der Waals surface area contributed by atoms with Gasteiger partial charge >= 0.3 is 0 Å². The van der Waals surface area contributed by atoms with Gasteiger partial charge in [-0.3, -0.25) is 4.90 Å². The molecule has 0 radical (unpaired) electrons. The maximum atomic E-state index is 5.71. The van der Waals surface area contributed by atoms with E-state index >= 15 is 0 Å². The van der Waals surface area contributed by atoms with Crippen LogP contribution in [0.3, 0.4) is 0 Å². The lowest BCUT2D eigenvalue weighted by atomic mass is 10.0. The normalized spacial score (nSPS) is 16.8. The number of methoxy groups -OCH3 is 1. The van der Waals surface area contributed by atoms with Crippen LogP contribution in [0.2, 0.25) is 0 Å². The van der Waals surface area contributed by atoms with Gasteiger partial charge in [-0.1, -0.05) is 32.9 Å². The van der Waals surface area contributed by atoms with Crippen molar-refractivity contribution in [2.24, 2.45) is 0 Å². The first kappa shape index (κ1) is 15.2. The van der Waals surface area contributed by atoms with E-state index in [9.17, 15) is 0 Å². The minimum atomic E-state index is 0.492. The second-order valence-corrected chi connectivity index (χ2v) is 5.88. The van der Waals surface area contributed by atoms with E-state index in [0.717, 1.165) is 31.9 Å². The Morgan fingerprint density at radius 1 is 1.15 bits per heavy atom. The van der Waals surface area contributed by atoms with Crippen LogP contribution in [0.4, 0.5) is 5.69 Å². The molecular weight excluding hydrogens is 248 g/mol. The molecule has 0 aliphatic carbocycles. The molecule has 0 bridgehead atoms. The van der Waals surface area contributed by atoms with Crippen LogP contribution < -0.4 is 9.64 Å². The minimum Gasteiger partial charge on any atom is -0.494 e. The van der Waals surface area contributed by atoms with Crippen LogP contribution in [0.25, 0.3) is 0 Å². The Kier molecular flexibility index (Phi) is 5.30. The first-order chi connectivity index (χ1) is 9.67. The summed E-state index contributed by atoms with van der Waals surface area (Å²) in [4.78, 5) is 5.02. The highest BCUT2D eigenvalue weighted by Crippen LogP contribution is 2.36. The summed E-state index contributed by atoms with van der Waals surface area (Å²) in [7, 11) is 1.79. The third-order valence-electron chi connectivity index (χ3n) is 4.10. The number of hydrogen-bond donors (Lipinski definition) is 0. The maximum Gasteiger partial charge on any atom is 0.145 e. The van der Waals surface area contributed by atoms with Crippen molar-refractivity contribution in [2.75, 3.05) is 44.7 Å². The summed E-state index contributed by atoms with van der Waals surface area (Å²) in [6, 6.07) is 6.53. The van der Waals surface area contributed by atoms with E-state index in [-0.39, 0.29) is 0 Å². The molecule has 1 aromatic carbocycles. The molecule has 3 nitrogen and oxygen atoms in total. The number of anilines is 1.